The Morgan fingerprint density at radius 1 is 1.21 bits per heavy atom. The number of carbonyl (C=O) groups is 2. The van der Waals surface area contributed by atoms with Crippen LogP contribution in [0.25, 0.3) is 6.08 Å². The van der Waals surface area contributed by atoms with Gasteiger partial charge in [-0.1, -0.05) is 18.2 Å². The van der Waals surface area contributed by atoms with Gasteiger partial charge in [-0.3, -0.25) is 19.2 Å². The van der Waals surface area contributed by atoms with Crippen molar-refractivity contribution in [3.8, 4) is 0 Å². The van der Waals surface area contributed by atoms with Crippen molar-refractivity contribution >= 4 is 30.5 Å². The lowest BCUT2D eigenvalue weighted by molar-refractivity contribution is -0.137. The molecule has 0 radical (unpaired) electrons. The quantitative estimate of drug-likeness (QED) is 0.397. The zero-order chi connectivity index (χ0) is 23.4. The van der Waals surface area contributed by atoms with E-state index in [9.17, 15) is 14.0 Å². The van der Waals surface area contributed by atoms with Crippen molar-refractivity contribution in [2.75, 3.05) is 13.1 Å². The molecule has 2 heterocycles. The van der Waals surface area contributed by atoms with Gasteiger partial charge >= 0.3 is 5.97 Å². The number of hydrogen-bond acceptors (Lipinski definition) is 5. The summed E-state index contributed by atoms with van der Waals surface area (Å²) < 4.78 is 16.5. The van der Waals surface area contributed by atoms with Gasteiger partial charge in [-0.25, -0.2) is 4.39 Å². The van der Waals surface area contributed by atoms with Gasteiger partial charge in [-0.05, 0) is 55.9 Å². The maximum absolute atomic E-state index is 14.7. The van der Waals surface area contributed by atoms with E-state index < -0.39 is 12.0 Å². The second kappa shape index (κ2) is 10.7. The largest absolute Gasteiger partial charge is 0.481 e. The molecule has 1 aromatic carbocycles. The molecule has 1 saturated heterocycles. The van der Waals surface area contributed by atoms with Gasteiger partial charge in [0.2, 0.25) is 0 Å². The Bertz CT molecular complexity index is 1030. The van der Waals surface area contributed by atoms with Crippen LogP contribution < -0.4 is 0 Å². The third-order valence-electron chi connectivity index (χ3n) is 6.34. The molecule has 1 aliphatic heterocycles. The van der Waals surface area contributed by atoms with Crippen molar-refractivity contribution in [3.63, 3.8) is 0 Å². The minimum Gasteiger partial charge on any atom is -0.481 e. The van der Waals surface area contributed by atoms with Crippen molar-refractivity contribution in [1.29, 1.82) is 0 Å². The highest BCUT2D eigenvalue weighted by atomic mass is 32.1. The number of likely N-dealkylation sites (tertiary alicyclic amines) is 1. The van der Waals surface area contributed by atoms with Gasteiger partial charge in [0.15, 0.2) is 5.78 Å². The Morgan fingerprint density at radius 3 is 2.73 bits per heavy atom. The first kappa shape index (κ1) is 23.7. The summed E-state index contributed by atoms with van der Waals surface area (Å²) in [6, 6.07) is 7.94. The van der Waals surface area contributed by atoms with Gasteiger partial charge in [0, 0.05) is 49.0 Å². The normalized spacial score (nSPS) is 21.3. The summed E-state index contributed by atoms with van der Waals surface area (Å²) in [5, 5.41) is 13.4. The van der Waals surface area contributed by atoms with E-state index in [-0.39, 0.29) is 29.2 Å². The van der Waals surface area contributed by atoms with Gasteiger partial charge in [-0.2, -0.15) is 17.7 Å². The molecule has 2 atom stereocenters. The summed E-state index contributed by atoms with van der Waals surface area (Å²) in [5.41, 5.74) is 2.32. The molecule has 0 bridgehead atoms. The second-order valence-corrected chi connectivity index (χ2v) is 9.57. The molecule has 4 rings (SSSR count). The van der Waals surface area contributed by atoms with Gasteiger partial charge in [-0.15, -0.1) is 0 Å². The average molecular weight is 472 g/mol. The second-order valence-electron chi connectivity index (χ2n) is 8.95. The van der Waals surface area contributed by atoms with Gasteiger partial charge in [0.05, 0.1) is 11.7 Å². The first-order valence-corrected chi connectivity index (χ1v) is 12.1. The number of unbranched alkanes of at least 4 members (excludes halogenated alkanes) is 1. The molecule has 1 aliphatic carbocycles. The smallest absolute Gasteiger partial charge is 0.303 e. The summed E-state index contributed by atoms with van der Waals surface area (Å²) in [6.07, 6.45) is 7.98. The number of aliphatic carboxylic acids is 1. The number of carboxylic acid groups (broad SMARTS) is 1. The van der Waals surface area contributed by atoms with E-state index in [4.69, 9.17) is 17.7 Å². The fourth-order valence-electron chi connectivity index (χ4n) is 4.39. The number of benzene rings is 1. The SMILES string of the molecule is O=C(O)CCCCn1ccc(/C=C2\CN(C(C(=O)C3CC3)c3ccccc3F)CCC2S)n1. The molecule has 1 saturated carbocycles. The van der Waals surface area contributed by atoms with E-state index >= 15 is 0 Å². The van der Waals surface area contributed by atoms with Crippen LogP contribution in [0, 0.1) is 11.7 Å². The summed E-state index contributed by atoms with van der Waals surface area (Å²) >= 11 is 4.76. The Morgan fingerprint density at radius 2 is 2.00 bits per heavy atom. The molecule has 2 aliphatic rings. The molecule has 1 aromatic heterocycles. The molecule has 6 nitrogen and oxygen atoms in total. The molecule has 0 spiro atoms. The number of Topliss-reactive ketones (excluding diaryl/α,β-unsaturated/α-hetero) is 1. The number of piperidine rings is 1. The van der Waals surface area contributed by atoms with Gasteiger partial charge in [0.25, 0.3) is 0 Å². The number of aryl methyl sites for hydroxylation is 1. The Labute approximate surface area is 198 Å². The van der Waals surface area contributed by atoms with Crippen LogP contribution in [0.1, 0.15) is 55.8 Å². The Kier molecular flexibility index (Phi) is 7.65. The number of nitrogens with zero attached hydrogens (tertiary/aromatic N) is 3. The summed E-state index contributed by atoms with van der Waals surface area (Å²) in [6.45, 7) is 1.89. The monoisotopic (exact) mass is 471 g/mol. The van der Waals surface area contributed by atoms with Crippen molar-refractivity contribution in [3.05, 3.63) is 59.2 Å². The Balaban J connectivity index is 1.49. The fourth-order valence-corrected chi connectivity index (χ4v) is 4.66. The van der Waals surface area contributed by atoms with Crippen LogP contribution in [0.2, 0.25) is 0 Å². The fraction of sp³-hybridized carbons (Fsp3) is 0.480. The molecule has 176 valence electrons. The number of ketones is 1. The highest BCUT2D eigenvalue weighted by molar-refractivity contribution is 7.81. The van der Waals surface area contributed by atoms with E-state index in [1.807, 2.05) is 23.0 Å². The van der Waals surface area contributed by atoms with E-state index in [1.165, 1.54) is 6.07 Å². The van der Waals surface area contributed by atoms with E-state index in [0.29, 0.717) is 31.6 Å². The van der Waals surface area contributed by atoms with Crippen LogP contribution in [0.5, 0.6) is 0 Å². The highest BCUT2D eigenvalue weighted by Crippen LogP contribution is 2.39. The van der Waals surface area contributed by atoms with Crippen molar-refractivity contribution in [2.24, 2.45) is 5.92 Å². The number of hydrogen-bond donors (Lipinski definition) is 2. The van der Waals surface area contributed by atoms with Crippen LogP contribution >= 0.6 is 12.6 Å². The molecule has 0 amide bonds. The van der Waals surface area contributed by atoms with E-state index in [1.54, 1.807) is 18.2 Å². The number of carboxylic acids is 1. The zero-order valence-electron chi connectivity index (χ0n) is 18.6. The molecule has 2 aromatic rings. The topological polar surface area (TPSA) is 75.4 Å². The third-order valence-corrected chi connectivity index (χ3v) is 6.93. The molecular weight excluding hydrogens is 441 g/mol. The van der Waals surface area contributed by atoms with E-state index in [2.05, 4.69) is 10.00 Å². The number of thiol groups is 1. The predicted molar refractivity (Wildman–Crippen MR) is 128 cm³/mol. The number of halogens is 1. The van der Waals surface area contributed by atoms with Crippen LogP contribution in [0.4, 0.5) is 4.39 Å². The molecule has 1 N–H and O–H groups in total. The number of rotatable bonds is 10. The summed E-state index contributed by atoms with van der Waals surface area (Å²) in [5.74, 6) is -0.969. The highest BCUT2D eigenvalue weighted by Gasteiger charge is 2.40. The molecule has 2 unspecified atom stereocenters. The van der Waals surface area contributed by atoms with Crippen LogP contribution in [-0.2, 0) is 16.1 Å². The molecule has 33 heavy (non-hydrogen) atoms. The molecule has 8 heteroatoms. The number of aromatic nitrogens is 2. The lowest BCUT2D eigenvalue weighted by Gasteiger charge is -2.37. The minimum absolute atomic E-state index is 0.0348. The lowest BCUT2D eigenvalue weighted by atomic mass is 9.93. The Hall–Kier alpha value is -2.45. The first-order chi connectivity index (χ1) is 15.9. The van der Waals surface area contributed by atoms with Gasteiger partial charge in [0.1, 0.15) is 5.82 Å². The third kappa shape index (κ3) is 6.12. The lowest BCUT2D eigenvalue weighted by Crippen LogP contribution is -2.42. The van der Waals surface area contributed by atoms with Crippen molar-refractivity contribution in [2.45, 2.75) is 56.4 Å². The number of carbonyl (C=O) groups excluding carboxylic acids is 1. The zero-order valence-corrected chi connectivity index (χ0v) is 19.5. The molecular formula is C25H30FN3O3S. The summed E-state index contributed by atoms with van der Waals surface area (Å²) in [7, 11) is 0. The van der Waals surface area contributed by atoms with Gasteiger partial charge < -0.3 is 5.11 Å². The van der Waals surface area contributed by atoms with Crippen molar-refractivity contribution < 1.29 is 19.1 Å². The first-order valence-electron chi connectivity index (χ1n) is 11.6. The van der Waals surface area contributed by atoms with Crippen LogP contribution in [0.3, 0.4) is 0 Å². The average Bonchev–Trinajstić information content (AvgIpc) is 3.55. The van der Waals surface area contributed by atoms with Crippen LogP contribution in [-0.4, -0.2) is 49.9 Å². The minimum atomic E-state index is -0.781. The predicted octanol–water partition coefficient (Wildman–Crippen LogP) is 4.39. The summed E-state index contributed by atoms with van der Waals surface area (Å²) in [4.78, 5) is 25.9. The maximum atomic E-state index is 14.7. The standard InChI is InChI=1S/C25H30FN3O3S/c26-21-6-2-1-5-20(21)24(25(32)17-8-9-17)28-13-11-22(33)18(16-28)15-19-10-14-29(27-19)12-4-3-7-23(30)31/h1-2,5-6,10,14-15,17,22,24,33H,3-4,7-9,11-13,16H2,(H,30,31)/b18-15+. The molecule has 2 fully saturated rings. The van der Waals surface area contributed by atoms with Crippen molar-refractivity contribution in [1.82, 2.24) is 14.7 Å². The van der Waals surface area contributed by atoms with Crippen LogP contribution in [0.15, 0.2) is 42.1 Å². The van der Waals surface area contributed by atoms with E-state index in [0.717, 1.165) is 37.0 Å². The maximum Gasteiger partial charge on any atom is 0.303 e.